The highest BCUT2D eigenvalue weighted by atomic mass is 16.7. The maximum atomic E-state index is 9.06. The minimum atomic E-state index is -0.812. The third kappa shape index (κ3) is 2.19. The van der Waals surface area contributed by atoms with Crippen LogP contribution in [0, 0.1) is 12.3 Å². The Bertz CT molecular complexity index is 174. The van der Waals surface area contributed by atoms with Gasteiger partial charge in [0, 0.05) is 13.5 Å². The van der Waals surface area contributed by atoms with Crippen LogP contribution in [0.5, 0.6) is 0 Å². The first-order chi connectivity index (χ1) is 5.77. The van der Waals surface area contributed by atoms with E-state index in [4.69, 9.17) is 25.7 Å². The minimum Gasteiger partial charge on any atom is -0.368 e. The van der Waals surface area contributed by atoms with Gasteiger partial charge in [-0.3, -0.25) is 0 Å². The molecule has 0 aromatic heterocycles. The van der Waals surface area contributed by atoms with Crippen molar-refractivity contribution in [2.45, 2.75) is 24.9 Å². The molecule has 0 aliphatic carbocycles. The number of hydrogen-bond acceptors (Lipinski definition) is 4. The molecule has 0 radical (unpaired) electrons. The van der Waals surface area contributed by atoms with E-state index >= 15 is 0 Å². The fraction of sp³-hybridized carbons (Fsp3) is 0.750. The number of rotatable bonds is 3. The summed E-state index contributed by atoms with van der Waals surface area (Å²) < 4.78 is 14.8. The van der Waals surface area contributed by atoms with E-state index in [0.29, 0.717) is 6.42 Å². The van der Waals surface area contributed by atoms with Crippen molar-refractivity contribution in [1.29, 1.82) is 0 Å². The minimum absolute atomic E-state index is 0.166. The van der Waals surface area contributed by atoms with Gasteiger partial charge < -0.3 is 19.3 Å². The third-order valence-electron chi connectivity index (χ3n) is 1.64. The summed E-state index contributed by atoms with van der Waals surface area (Å²) in [5, 5.41) is 9.06. The molecule has 0 aromatic rings. The summed E-state index contributed by atoms with van der Waals surface area (Å²) in [4.78, 5) is 0. The molecular weight excluding hydrogens is 160 g/mol. The summed E-state index contributed by atoms with van der Waals surface area (Å²) in [6.45, 7) is 0.166. The molecule has 0 bridgehead atoms. The molecule has 1 N–H and O–H groups in total. The topological polar surface area (TPSA) is 47.9 Å². The molecule has 1 fully saturated rings. The van der Waals surface area contributed by atoms with E-state index in [2.05, 4.69) is 5.92 Å². The van der Waals surface area contributed by atoms with E-state index in [1.165, 1.54) is 7.11 Å². The van der Waals surface area contributed by atoms with Crippen molar-refractivity contribution in [3.05, 3.63) is 0 Å². The van der Waals surface area contributed by atoms with Crippen LogP contribution in [0.3, 0.4) is 0 Å². The van der Waals surface area contributed by atoms with Gasteiger partial charge in [0.1, 0.15) is 19.0 Å². The van der Waals surface area contributed by atoms with E-state index in [9.17, 15) is 0 Å². The van der Waals surface area contributed by atoms with Crippen molar-refractivity contribution in [3.8, 4) is 12.3 Å². The Hall–Kier alpha value is -0.600. The lowest BCUT2D eigenvalue weighted by Crippen LogP contribution is -2.23. The number of aliphatic hydroxyl groups excluding tert-OH is 1. The van der Waals surface area contributed by atoms with Gasteiger partial charge >= 0.3 is 0 Å². The molecule has 3 unspecified atom stereocenters. The Morgan fingerprint density at radius 2 is 2.50 bits per heavy atom. The van der Waals surface area contributed by atoms with Crippen LogP contribution in [0.25, 0.3) is 0 Å². The van der Waals surface area contributed by atoms with E-state index in [-0.39, 0.29) is 12.9 Å². The van der Waals surface area contributed by atoms with E-state index in [1.807, 2.05) is 0 Å². The molecule has 0 amide bonds. The number of hydrogen-bond donors (Lipinski definition) is 1. The van der Waals surface area contributed by atoms with Crippen LogP contribution in [0.4, 0.5) is 0 Å². The molecule has 1 saturated heterocycles. The first kappa shape index (κ1) is 9.49. The van der Waals surface area contributed by atoms with Crippen LogP contribution in [0.1, 0.15) is 6.42 Å². The van der Waals surface area contributed by atoms with Gasteiger partial charge in [0.2, 0.25) is 0 Å². The van der Waals surface area contributed by atoms with E-state index in [0.717, 1.165) is 0 Å². The Morgan fingerprint density at radius 1 is 1.75 bits per heavy atom. The first-order valence-electron chi connectivity index (χ1n) is 3.68. The van der Waals surface area contributed by atoms with Crippen molar-refractivity contribution >= 4 is 0 Å². The fourth-order valence-electron chi connectivity index (χ4n) is 1.09. The van der Waals surface area contributed by atoms with Gasteiger partial charge in [0.05, 0.1) is 0 Å². The quantitative estimate of drug-likeness (QED) is 0.469. The van der Waals surface area contributed by atoms with Gasteiger partial charge in [-0.1, -0.05) is 5.92 Å². The summed E-state index contributed by atoms with van der Waals surface area (Å²) in [7, 11) is 1.52. The molecule has 1 heterocycles. The lowest BCUT2D eigenvalue weighted by molar-refractivity contribution is -0.0957. The normalized spacial score (nSPS) is 34.9. The summed E-state index contributed by atoms with van der Waals surface area (Å²) in [5.41, 5.74) is 0. The van der Waals surface area contributed by atoms with Crippen LogP contribution in [0.2, 0.25) is 0 Å². The zero-order valence-corrected chi connectivity index (χ0v) is 6.90. The average molecular weight is 172 g/mol. The van der Waals surface area contributed by atoms with Gasteiger partial charge in [-0.25, -0.2) is 0 Å². The molecule has 4 nitrogen and oxygen atoms in total. The zero-order valence-electron chi connectivity index (χ0n) is 6.90. The van der Waals surface area contributed by atoms with E-state index in [1.54, 1.807) is 0 Å². The molecule has 68 valence electrons. The van der Waals surface area contributed by atoms with Gasteiger partial charge in [0.25, 0.3) is 0 Å². The summed E-state index contributed by atoms with van der Waals surface area (Å²) in [6.07, 6.45) is 4.02. The Balaban J connectivity index is 2.37. The SMILES string of the molecule is C#CC1OC(O)CC1OCOC. The molecule has 4 heteroatoms. The summed E-state index contributed by atoms with van der Waals surface area (Å²) >= 11 is 0. The van der Waals surface area contributed by atoms with Crippen LogP contribution in [-0.2, 0) is 14.2 Å². The van der Waals surface area contributed by atoms with E-state index < -0.39 is 12.4 Å². The molecule has 0 spiro atoms. The van der Waals surface area contributed by atoms with Crippen LogP contribution >= 0.6 is 0 Å². The molecule has 1 rings (SSSR count). The van der Waals surface area contributed by atoms with Crippen molar-refractivity contribution in [1.82, 2.24) is 0 Å². The highest BCUT2D eigenvalue weighted by molar-refractivity contribution is 5.02. The van der Waals surface area contributed by atoms with Gasteiger partial charge in [-0.2, -0.15) is 0 Å². The lowest BCUT2D eigenvalue weighted by Gasteiger charge is -2.12. The monoisotopic (exact) mass is 172 g/mol. The standard InChI is InChI=1S/C8H12O4/c1-3-6-7(11-5-10-2)4-8(9)12-6/h1,6-9H,4-5H2,2H3. The molecular formula is C8H12O4. The smallest absolute Gasteiger partial charge is 0.158 e. The Morgan fingerprint density at radius 3 is 3.08 bits per heavy atom. The molecule has 1 aliphatic heterocycles. The predicted molar refractivity (Wildman–Crippen MR) is 41.1 cm³/mol. The maximum absolute atomic E-state index is 9.06. The maximum Gasteiger partial charge on any atom is 0.158 e. The highest BCUT2D eigenvalue weighted by Crippen LogP contribution is 2.20. The number of methoxy groups -OCH3 is 1. The van der Waals surface area contributed by atoms with Gasteiger partial charge in [-0.15, -0.1) is 6.42 Å². The molecule has 0 aromatic carbocycles. The van der Waals surface area contributed by atoms with Crippen LogP contribution in [0.15, 0.2) is 0 Å². The zero-order chi connectivity index (χ0) is 8.97. The largest absolute Gasteiger partial charge is 0.368 e. The van der Waals surface area contributed by atoms with Crippen LogP contribution < -0.4 is 0 Å². The molecule has 0 saturated carbocycles. The average Bonchev–Trinajstić information content (AvgIpc) is 2.42. The number of terminal acetylenes is 1. The Kier molecular flexibility index (Phi) is 3.50. The second-order valence-corrected chi connectivity index (χ2v) is 2.53. The number of aliphatic hydroxyl groups is 1. The first-order valence-corrected chi connectivity index (χ1v) is 3.68. The van der Waals surface area contributed by atoms with Gasteiger partial charge in [0.15, 0.2) is 6.29 Å². The third-order valence-corrected chi connectivity index (χ3v) is 1.64. The number of ether oxygens (including phenoxy) is 3. The van der Waals surface area contributed by atoms with Crippen molar-refractivity contribution in [3.63, 3.8) is 0 Å². The van der Waals surface area contributed by atoms with Crippen molar-refractivity contribution in [2.24, 2.45) is 0 Å². The summed E-state index contributed by atoms with van der Waals surface area (Å²) in [5.74, 6) is 2.39. The summed E-state index contributed by atoms with van der Waals surface area (Å²) in [6, 6.07) is 0. The second-order valence-electron chi connectivity index (χ2n) is 2.53. The van der Waals surface area contributed by atoms with Crippen molar-refractivity contribution < 1.29 is 19.3 Å². The highest BCUT2D eigenvalue weighted by Gasteiger charge is 2.33. The molecule has 3 atom stereocenters. The predicted octanol–water partition coefficient (Wildman–Crippen LogP) is -0.284. The second kappa shape index (κ2) is 4.43. The van der Waals surface area contributed by atoms with Crippen molar-refractivity contribution in [2.75, 3.05) is 13.9 Å². The molecule has 1 aliphatic rings. The lowest BCUT2D eigenvalue weighted by atomic mass is 10.2. The molecule has 12 heavy (non-hydrogen) atoms. The fourth-order valence-corrected chi connectivity index (χ4v) is 1.09. The Labute approximate surface area is 71.4 Å². The van der Waals surface area contributed by atoms with Gasteiger partial charge in [-0.05, 0) is 0 Å². The van der Waals surface area contributed by atoms with Crippen LogP contribution in [-0.4, -0.2) is 37.5 Å².